The molecule has 0 spiro atoms. The molecule has 3 N–H and O–H groups in total. The zero-order valence-electron chi connectivity index (χ0n) is 19.7. The van der Waals surface area contributed by atoms with Crippen LogP contribution < -0.4 is 15.2 Å². The number of hydrogen-bond donors (Lipinski definition) is 2. The minimum absolute atomic E-state index is 0.0364. The van der Waals surface area contributed by atoms with Gasteiger partial charge in [-0.05, 0) is 53.9 Å². The normalized spacial score (nSPS) is 12.1. The fourth-order valence-corrected chi connectivity index (χ4v) is 4.14. The van der Waals surface area contributed by atoms with Crippen molar-refractivity contribution in [1.82, 2.24) is 15.0 Å². The molecule has 206 valence electrons. The molecule has 0 bridgehead atoms. The number of H-pyrrole nitrogens is 1. The molecule has 2 heterocycles. The Morgan fingerprint density at radius 1 is 0.700 bits per heavy atom. The van der Waals surface area contributed by atoms with Crippen molar-refractivity contribution < 1.29 is 35.8 Å². The molecule has 5 aromatic rings. The highest BCUT2D eigenvalue weighted by Gasteiger charge is 2.35. The van der Waals surface area contributed by atoms with E-state index in [1.54, 1.807) is 24.4 Å². The summed E-state index contributed by atoms with van der Waals surface area (Å²) in [7, 11) is 0. The van der Waals surface area contributed by atoms with Crippen LogP contribution in [0.2, 0.25) is 10.0 Å². The Hall–Kier alpha value is -4.16. The van der Waals surface area contributed by atoms with E-state index in [1.165, 1.54) is 12.1 Å². The van der Waals surface area contributed by atoms with E-state index in [0.717, 1.165) is 17.5 Å². The van der Waals surface area contributed by atoms with Crippen LogP contribution in [0.1, 0.15) is 11.1 Å². The molecule has 6 nitrogen and oxygen atoms in total. The van der Waals surface area contributed by atoms with Crippen LogP contribution in [0.15, 0.2) is 66.9 Å². The molecule has 2 aromatic heterocycles. The summed E-state index contributed by atoms with van der Waals surface area (Å²) in [6.07, 6.45) is -7.84. The lowest BCUT2D eigenvalue weighted by atomic mass is 10.1. The molecule has 40 heavy (non-hydrogen) atoms. The predicted molar refractivity (Wildman–Crippen MR) is 137 cm³/mol. The molecule has 14 heteroatoms. The van der Waals surface area contributed by atoms with Gasteiger partial charge in [0.2, 0.25) is 11.8 Å². The SMILES string of the molecule is Nc1c(Oc2ccc(Cl)c(C(F)(F)F)c2)nc(-c2ccc3cc[nH]c3c2)nc1Oc1ccc(Cl)c(C(F)(F)F)c1. The number of nitrogen functional groups attached to an aromatic ring is 1. The van der Waals surface area contributed by atoms with E-state index >= 15 is 0 Å². The van der Waals surface area contributed by atoms with E-state index in [2.05, 4.69) is 15.0 Å². The number of rotatable bonds is 5. The summed E-state index contributed by atoms with van der Waals surface area (Å²) >= 11 is 11.4. The van der Waals surface area contributed by atoms with Gasteiger partial charge >= 0.3 is 12.4 Å². The minimum Gasteiger partial charge on any atom is -0.437 e. The molecule has 0 aliphatic heterocycles. The summed E-state index contributed by atoms with van der Waals surface area (Å²) in [4.78, 5) is 11.5. The number of alkyl halides is 6. The average molecular weight is 599 g/mol. The van der Waals surface area contributed by atoms with Crippen molar-refractivity contribution in [2.24, 2.45) is 0 Å². The molecule has 0 unspecified atom stereocenters. The summed E-state index contributed by atoms with van der Waals surface area (Å²) in [5.41, 5.74) is 4.55. The molecule has 5 rings (SSSR count). The number of nitrogens with zero attached hydrogens (tertiary/aromatic N) is 2. The van der Waals surface area contributed by atoms with Crippen LogP contribution in [0.4, 0.5) is 32.0 Å². The van der Waals surface area contributed by atoms with E-state index in [9.17, 15) is 26.3 Å². The van der Waals surface area contributed by atoms with E-state index in [4.69, 9.17) is 38.4 Å². The molecule has 0 amide bonds. The lowest BCUT2D eigenvalue weighted by Gasteiger charge is -2.16. The number of nitrogens with one attached hydrogen (secondary N) is 1. The molecular formula is C26H14Cl2F6N4O2. The number of nitrogens with two attached hydrogens (primary N) is 1. The number of fused-ring (bicyclic) bond motifs is 1. The van der Waals surface area contributed by atoms with Gasteiger partial charge in [0.25, 0.3) is 0 Å². The van der Waals surface area contributed by atoms with Crippen molar-refractivity contribution >= 4 is 39.8 Å². The van der Waals surface area contributed by atoms with Gasteiger partial charge in [-0.3, -0.25) is 0 Å². The first-order valence-electron chi connectivity index (χ1n) is 11.1. The van der Waals surface area contributed by atoms with Crippen molar-refractivity contribution in [2.75, 3.05) is 5.73 Å². The first kappa shape index (κ1) is 27.4. The number of anilines is 1. The quantitative estimate of drug-likeness (QED) is 0.197. The van der Waals surface area contributed by atoms with Crippen molar-refractivity contribution in [2.45, 2.75) is 12.4 Å². The van der Waals surface area contributed by atoms with Crippen LogP contribution in [0, 0.1) is 0 Å². The Balaban J connectivity index is 1.61. The number of aromatic nitrogens is 3. The summed E-state index contributed by atoms with van der Waals surface area (Å²) in [6, 6.07) is 12.5. The maximum atomic E-state index is 13.4. The molecule has 0 saturated carbocycles. The smallest absolute Gasteiger partial charge is 0.417 e. The zero-order chi connectivity index (χ0) is 28.8. The molecule has 0 saturated heterocycles. The molecule has 0 atom stereocenters. The monoisotopic (exact) mass is 598 g/mol. The topological polar surface area (TPSA) is 86.0 Å². The second-order valence-electron chi connectivity index (χ2n) is 8.33. The summed E-state index contributed by atoms with van der Waals surface area (Å²) < 4.78 is 91.5. The van der Waals surface area contributed by atoms with Crippen molar-refractivity contribution in [1.29, 1.82) is 0 Å². The Bertz CT molecular complexity index is 1650. The molecule has 0 fully saturated rings. The largest absolute Gasteiger partial charge is 0.437 e. The van der Waals surface area contributed by atoms with Crippen LogP contribution in [-0.2, 0) is 12.4 Å². The lowest BCUT2D eigenvalue weighted by Crippen LogP contribution is -2.07. The van der Waals surface area contributed by atoms with Crippen LogP contribution >= 0.6 is 23.2 Å². The van der Waals surface area contributed by atoms with Gasteiger partial charge < -0.3 is 20.2 Å². The molecule has 0 aliphatic rings. The molecule has 0 aliphatic carbocycles. The van der Waals surface area contributed by atoms with Crippen LogP contribution in [0.3, 0.4) is 0 Å². The van der Waals surface area contributed by atoms with E-state index < -0.39 is 51.0 Å². The standard InChI is InChI=1S/C26H14Cl2F6N4O2/c27-18-5-3-14(10-16(18)25(29,30)31)39-23-21(35)24(40-15-4-6-19(28)17(11-15)26(32,33)34)38-22(37-23)13-2-1-12-7-8-36-20(12)9-13/h1-11,36H,35H2. The second kappa shape index (κ2) is 10.1. The molecule has 3 aromatic carbocycles. The zero-order valence-corrected chi connectivity index (χ0v) is 21.2. The maximum absolute atomic E-state index is 13.4. The minimum atomic E-state index is -4.77. The van der Waals surface area contributed by atoms with Gasteiger partial charge in [-0.25, -0.2) is 0 Å². The van der Waals surface area contributed by atoms with Gasteiger partial charge in [-0.2, -0.15) is 36.3 Å². The Morgan fingerprint density at radius 3 is 1.73 bits per heavy atom. The fourth-order valence-electron chi connectivity index (χ4n) is 3.69. The van der Waals surface area contributed by atoms with Crippen molar-refractivity contribution in [3.05, 3.63) is 88.0 Å². The predicted octanol–water partition coefficient (Wildman–Crippen LogP) is 9.14. The third kappa shape index (κ3) is 5.58. The second-order valence-corrected chi connectivity index (χ2v) is 9.15. The van der Waals surface area contributed by atoms with Crippen LogP contribution in [-0.4, -0.2) is 15.0 Å². The third-order valence-corrected chi connectivity index (χ3v) is 6.26. The van der Waals surface area contributed by atoms with Gasteiger partial charge in [0.15, 0.2) is 11.5 Å². The highest BCUT2D eigenvalue weighted by Crippen LogP contribution is 2.42. The van der Waals surface area contributed by atoms with E-state index in [-0.39, 0.29) is 17.3 Å². The Morgan fingerprint density at radius 2 is 1.23 bits per heavy atom. The number of halogens is 8. The first-order chi connectivity index (χ1) is 18.8. The van der Waals surface area contributed by atoms with Crippen molar-refractivity contribution in [3.8, 4) is 34.6 Å². The fraction of sp³-hybridized carbons (Fsp3) is 0.0769. The van der Waals surface area contributed by atoms with E-state index in [1.807, 2.05) is 6.07 Å². The average Bonchev–Trinajstić information content (AvgIpc) is 3.35. The summed E-state index contributed by atoms with van der Waals surface area (Å²) in [5, 5.41) is -0.237. The highest BCUT2D eigenvalue weighted by atomic mass is 35.5. The van der Waals surface area contributed by atoms with Gasteiger partial charge in [-0.15, -0.1) is 0 Å². The van der Waals surface area contributed by atoms with Crippen LogP contribution in [0.5, 0.6) is 23.3 Å². The first-order valence-corrected chi connectivity index (χ1v) is 11.9. The van der Waals surface area contributed by atoms with Crippen LogP contribution in [0.25, 0.3) is 22.3 Å². The summed E-state index contributed by atoms with van der Waals surface area (Å²) in [5.74, 6) is -1.49. The number of aromatic amines is 1. The molecule has 0 radical (unpaired) electrons. The van der Waals surface area contributed by atoms with Gasteiger partial charge in [0.1, 0.15) is 11.5 Å². The van der Waals surface area contributed by atoms with E-state index in [0.29, 0.717) is 23.2 Å². The lowest BCUT2D eigenvalue weighted by molar-refractivity contribution is -0.138. The highest BCUT2D eigenvalue weighted by molar-refractivity contribution is 6.31. The molecular weight excluding hydrogens is 585 g/mol. The maximum Gasteiger partial charge on any atom is 0.417 e. The Labute approximate surface area is 231 Å². The van der Waals surface area contributed by atoms with Gasteiger partial charge in [0.05, 0.1) is 21.2 Å². The number of hydrogen-bond acceptors (Lipinski definition) is 5. The van der Waals surface area contributed by atoms with Crippen molar-refractivity contribution in [3.63, 3.8) is 0 Å². The summed E-state index contributed by atoms with van der Waals surface area (Å²) in [6.45, 7) is 0. The van der Waals surface area contributed by atoms with Gasteiger partial charge in [0, 0.05) is 17.3 Å². The Kier molecular flexibility index (Phi) is 6.92. The number of ether oxygens (including phenoxy) is 2. The third-order valence-electron chi connectivity index (χ3n) is 5.60. The number of benzene rings is 3. The van der Waals surface area contributed by atoms with Gasteiger partial charge in [-0.1, -0.05) is 35.3 Å².